The number of aromatic nitrogens is 2. The molecule has 5 heteroatoms. The fourth-order valence-corrected chi connectivity index (χ4v) is 2.76. The molecule has 18 heavy (non-hydrogen) atoms. The molecule has 1 aliphatic rings. The zero-order chi connectivity index (χ0) is 13.1. The van der Waals surface area contributed by atoms with Gasteiger partial charge in [0.2, 0.25) is 5.95 Å². The zero-order valence-corrected chi connectivity index (χ0v) is 12.8. The van der Waals surface area contributed by atoms with Crippen molar-refractivity contribution in [1.82, 2.24) is 9.97 Å². The summed E-state index contributed by atoms with van der Waals surface area (Å²) in [7, 11) is 0. The van der Waals surface area contributed by atoms with Crippen molar-refractivity contribution in [2.45, 2.75) is 39.7 Å². The Bertz CT molecular complexity index is 410. The third kappa shape index (κ3) is 2.94. The van der Waals surface area contributed by atoms with E-state index in [1.165, 1.54) is 12.8 Å². The summed E-state index contributed by atoms with van der Waals surface area (Å²) in [6, 6.07) is 0.515. The van der Waals surface area contributed by atoms with Gasteiger partial charge in [0.1, 0.15) is 5.82 Å². The number of hydrogen-bond donors (Lipinski definition) is 2. The monoisotopic (exact) mass is 312 g/mol. The maximum Gasteiger partial charge on any atom is 0.224 e. The molecule has 100 valence electrons. The molecule has 0 radical (unpaired) electrons. The van der Waals surface area contributed by atoms with Crippen LogP contribution in [0.5, 0.6) is 0 Å². The number of nitrogens with zero attached hydrogens (tertiary/aromatic N) is 2. The Morgan fingerprint density at radius 3 is 2.78 bits per heavy atom. The Balaban J connectivity index is 2.10. The third-order valence-electron chi connectivity index (χ3n) is 3.87. The van der Waals surface area contributed by atoms with Gasteiger partial charge in [-0.2, -0.15) is 4.98 Å². The molecule has 0 saturated heterocycles. The van der Waals surface area contributed by atoms with Gasteiger partial charge in [0.15, 0.2) is 0 Å². The standard InChI is InChI=1S/C13H21BrN4/c1-4-15-13-16-7-10(14)12(18-13)17-11-6-5-8(2)9(11)3/h7-9,11H,4-6H2,1-3H3,(H2,15,16,17,18). The van der Waals surface area contributed by atoms with Crippen LogP contribution in [0.25, 0.3) is 0 Å². The predicted octanol–water partition coefficient (Wildman–Crippen LogP) is 3.52. The number of nitrogens with one attached hydrogen (secondary N) is 2. The van der Waals surface area contributed by atoms with E-state index in [2.05, 4.69) is 50.4 Å². The average molecular weight is 313 g/mol. The molecule has 1 aliphatic carbocycles. The first-order chi connectivity index (χ1) is 8.61. The van der Waals surface area contributed by atoms with Gasteiger partial charge in [-0.3, -0.25) is 0 Å². The molecule has 0 aliphatic heterocycles. The second kappa shape index (κ2) is 5.87. The summed E-state index contributed by atoms with van der Waals surface area (Å²) >= 11 is 3.51. The number of hydrogen-bond acceptors (Lipinski definition) is 4. The topological polar surface area (TPSA) is 49.8 Å². The Kier molecular flexibility index (Phi) is 4.43. The van der Waals surface area contributed by atoms with Crippen LogP contribution in [0, 0.1) is 11.8 Å². The van der Waals surface area contributed by atoms with Crippen LogP contribution in [0.4, 0.5) is 11.8 Å². The van der Waals surface area contributed by atoms with Crippen LogP contribution in [0.15, 0.2) is 10.7 Å². The Labute approximate surface area is 117 Å². The van der Waals surface area contributed by atoms with Crippen molar-refractivity contribution in [3.63, 3.8) is 0 Å². The molecule has 1 saturated carbocycles. The molecular weight excluding hydrogens is 292 g/mol. The molecule has 4 nitrogen and oxygen atoms in total. The van der Waals surface area contributed by atoms with Gasteiger partial charge < -0.3 is 10.6 Å². The Morgan fingerprint density at radius 1 is 1.39 bits per heavy atom. The van der Waals surface area contributed by atoms with Crippen molar-refractivity contribution >= 4 is 27.7 Å². The normalized spacial score (nSPS) is 27.2. The molecule has 1 fully saturated rings. The minimum absolute atomic E-state index is 0.515. The Morgan fingerprint density at radius 2 is 2.17 bits per heavy atom. The first-order valence-corrected chi connectivity index (χ1v) is 7.44. The number of halogens is 1. The highest BCUT2D eigenvalue weighted by Crippen LogP contribution is 2.34. The third-order valence-corrected chi connectivity index (χ3v) is 4.45. The smallest absolute Gasteiger partial charge is 0.224 e. The summed E-state index contributed by atoms with van der Waals surface area (Å²) in [5, 5.41) is 6.69. The fourth-order valence-electron chi connectivity index (χ4n) is 2.46. The summed E-state index contributed by atoms with van der Waals surface area (Å²) in [6.07, 6.45) is 4.31. The van der Waals surface area contributed by atoms with Crippen LogP contribution < -0.4 is 10.6 Å². The second-order valence-electron chi connectivity index (χ2n) is 5.09. The molecule has 2 rings (SSSR count). The van der Waals surface area contributed by atoms with Crippen molar-refractivity contribution in [2.75, 3.05) is 17.2 Å². The van der Waals surface area contributed by atoms with Crippen LogP contribution in [0.1, 0.15) is 33.6 Å². The number of rotatable bonds is 4. The summed E-state index contributed by atoms with van der Waals surface area (Å²) in [5.74, 6) is 3.06. The van der Waals surface area contributed by atoms with Crippen LogP contribution in [-0.2, 0) is 0 Å². The minimum Gasteiger partial charge on any atom is -0.366 e. The van der Waals surface area contributed by atoms with Crippen molar-refractivity contribution in [2.24, 2.45) is 11.8 Å². The molecule has 1 aromatic rings. The first-order valence-electron chi connectivity index (χ1n) is 6.64. The minimum atomic E-state index is 0.515. The lowest BCUT2D eigenvalue weighted by Crippen LogP contribution is -2.25. The summed E-state index contributed by atoms with van der Waals surface area (Å²) < 4.78 is 0.927. The molecule has 0 spiro atoms. The highest BCUT2D eigenvalue weighted by atomic mass is 79.9. The van der Waals surface area contributed by atoms with Crippen LogP contribution in [-0.4, -0.2) is 22.6 Å². The lowest BCUT2D eigenvalue weighted by molar-refractivity contribution is 0.435. The largest absolute Gasteiger partial charge is 0.366 e. The van der Waals surface area contributed by atoms with Crippen molar-refractivity contribution in [3.05, 3.63) is 10.7 Å². The van der Waals surface area contributed by atoms with Gasteiger partial charge in [0.25, 0.3) is 0 Å². The van der Waals surface area contributed by atoms with Crippen molar-refractivity contribution in [1.29, 1.82) is 0 Å². The van der Waals surface area contributed by atoms with E-state index in [1.54, 1.807) is 6.20 Å². The number of anilines is 2. The molecule has 0 aromatic carbocycles. The van der Waals surface area contributed by atoms with Crippen LogP contribution >= 0.6 is 15.9 Å². The average Bonchev–Trinajstić information content (AvgIpc) is 2.66. The maximum absolute atomic E-state index is 4.50. The highest BCUT2D eigenvalue weighted by molar-refractivity contribution is 9.10. The summed E-state index contributed by atoms with van der Waals surface area (Å²) in [5.41, 5.74) is 0. The quantitative estimate of drug-likeness (QED) is 0.893. The van der Waals surface area contributed by atoms with E-state index in [9.17, 15) is 0 Å². The van der Waals surface area contributed by atoms with Crippen molar-refractivity contribution < 1.29 is 0 Å². The maximum atomic E-state index is 4.50. The van der Waals surface area contributed by atoms with E-state index in [4.69, 9.17) is 0 Å². The van der Waals surface area contributed by atoms with Gasteiger partial charge in [-0.15, -0.1) is 0 Å². The second-order valence-corrected chi connectivity index (χ2v) is 5.94. The van der Waals surface area contributed by atoms with E-state index in [0.29, 0.717) is 17.9 Å². The predicted molar refractivity (Wildman–Crippen MR) is 78.9 cm³/mol. The van der Waals surface area contributed by atoms with Crippen LogP contribution in [0.2, 0.25) is 0 Å². The van der Waals surface area contributed by atoms with Gasteiger partial charge in [-0.1, -0.05) is 13.8 Å². The van der Waals surface area contributed by atoms with E-state index < -0.39 is 0 Å². The molecule has 3 unspecified atom stereocenters. The van der Waals surface area contributed by atoms with Gasteiger partial charge >= 0.3 is 0 Å². The molecule has 1 heterocycles. The summed E-state index contributed by atoms with van der Waals surface area (Å²) in [6.45, 7) is 7.51. The Hall–Kier alpha value is -0.840. The van der Waals surface area contributed by atoms with E-state index in [0.717, 1.165) is 22.8 Å². The van der Waals surface area contributed by atoms with Crippen molar-refractivity contribution in [3.8, 4) is 0 Å². The van der Waals surface area contributed by atoms with Gasteiger partial charge in [-0.25, -0.2) is 4.98 Å². The SMILES string of the molecule is CCNc1ncc(Br)c(NC2CCC(C)C2C)n1. The lowest BCUT2D eigenvalue weighted by Gasteiger charge is -2.21. The lowest BCUT2D eigenvalue weighted by atomic mass is 9.98. The molecule has 3 atom stereocenters. The van der Waals surface area contributed by atoms with Gasteiger partial charge in [-0.05, 0) is 47.5 Å². The zero-order valence-electron chi connectivity index (χ0n) is 11.2. The molecule has 2 N–H and O–H groups in total. The van der Waals surface area contributed by atoms with E-state index in [1.807, 2.05) is 6.92 Å². The molecular formula is C13H21BrN4. The fraction of sp³-hybridized carbons (Fsp3) is 0.692. The molecule has 0 bridgehead atoms. The van der Waals surface area contributed by atoms with Gasteiger partial charge in [0, 0.05) is 18.8 Å². The van der Waals surface area contributed by atoms with Gasteiger partial charge in [0.05, 0.1) is 4.47 Å². The van der Waals surface area contributed by atoms with E-state index in [-0.39, 0.29) is 0 Å². The van der Waals surface area contributed by atoms with E-state index >= 15 is 0 Å². The molecule has 1 aromatic heterocycles. The first kappa shape index (κ1) is 13.6. The molecule has 0 amide bonds. The van der Waals surface area contributed by atoms with Crippen LogP contribution in [0.3, 0.4) is 0 Å². The summed E-state index contributed by atoms with van der Waals surface area (Å²) in [4.78, 5) is 8.73. The highest BCUT2D eigenvalue weighted by Gasteiger charge is 2.30.